The summed E-state index contributed by atoms with van der Waals surface area (Å²) < 4.78 is 11.8. The molecule has 4 heterocycles. The predicted octanol–water partition coefficient (Wildman–Crippen LogP) is 2.23. The minimum atomic E-state index is -0.0313. The first kappa shape index (κ1) is 18.7. The van der Waals surface area contributed by atoms with E-state index >= 15 is 0 Å². The van der Waals surface area contributed by atoms with Gasteiger partial charge in [-0.2, -0.15) is 0 Å². The standard InChI is InChI=1S/C21H31N3O3/c1-4-26-8-6-20(25)22-11-17-18-12-24(13-21(18)7-5-19(17)27-21)16-9-14(2)23-15(3)10-16/h9-10,17-19H,4-8,11-13H2,1-3H3,(H,22,25)/t17-,18+,19+,21+/m0/s1. The van der Waals surface area contributed by atoms with Crippen molar-refractivity contribution in [3.8, 4) is 0 Å². The minimum Gasteiger partial charge on any atom is -0.381 e. The largest absolute Gasteiger partial charge is 0.381 e. The molecule has 3 aliphatic rings. The molecule has 27 heavy (non-hydrogen) atoms. The monoisotopic (exact) mass is 373 g/mol. The number of carbonyl (C=O) groups is 1. The Labute approximate surface area is 161 Å². The van der Waals surface area contributed by atoms with Crippen molar-refractivity contribution in [3.05, 3.63) is 23.5 Å². The molecule has 1 aromatic rings. The number of ether oxygens (including phenoxy) is 2. The van der Waals surface area contributed by atoms with Gasteiger partial charge in [0, 0.05) is 61.6 Å². The normalized spacial score (nSPS) is 31.4. The number of hydrogen-bond acceptors (Lipinski definition) is 5. The van der Waals surface area contributed by atoms with Crippen LogP contribution in [0.3, 0.4) is 0 Å². The summed E-state index contributed by atoms with van der Waals surface area (Å²) in [5.41, 5.74) is 3.33. The molecule has 1 aromatic heterocycles. The Morgan fingerprint density at radius 2 is 2.19 bits per heavy atom. The van der Waals surface area contributed by atoms with Gasteiger partial charge in [0.15, 0.2) is 0 Å². The van der Waals surface area contributed by atoms with Crippen molar-refractivity contribution in [2.45, 2.75) is 51.7 Å². The molecule has 3 aliphatic heterocycles. The molecule has 0 aliphatic carbocycles. The van der Waals surface area contributed by atoms with Crippen molar-refractivity contribution in [2.75, 3.05) is 37.7 Å². The SMILES string of the molecule is CCOCCC(=O)NC[C@H]1[C@H]2CN(c3cc(C)nc(C)c3)C[C@]23CC[C@H]1O3. The van der Waals surface area contributed by atoms with E-state index in [1.165, 1.54) is 5.69 Å². The van der Waals surface area contributed by atoms with Crippen LogP contribution >= 0.6 is 0 Å². The first-order chi connectivity index (χ1) is 13.0. The van der Waals surface area contributed by atoms with Gasteiger partial charge in [-0.25, -0.2) is 0 Å². The molecule has 4 rings (SSSR count). The third-order valence-corrected chi connectivity index (χ3v) is 6.43. The first-order valence-corrected chi connectivity index (χ1v) is 10.2. The first-order valence-electron chi connectivity index (χ1n) is 10.2. The summed E-state index contributed by atoms with van der Waals surface area (Å²) in [6.45, 7) is 9.86. The minimum absolute atomic E-state index is 0.0313. The van der Waals surface area contributed by atoms with Gasteiger partial charge >= 0.3 is 0 Å². The van der Waals surface area contributed by atoms with Crippen LogP contribution in [0.4, 0.5) is 5.69 Å². The van der Waals surface area contributed by atoms with Crippen molar-refractivity contribution in [3.63, 3.8) is 0 Å². The van der Waals surface area contributed by atoms with Crippen LogP contribution in [-0.2, 0) is 14.3 Å². The summed E-state index contributed by atoms with van der Waals surface area (Å²) in [7, 11) is 0. The number of aryl methyl sites for hydroxylation is 2. The molecule has 1 N–H and O–H groups in total. The molecule has 4 atom stereocenters. The Kier molecular flexibility index (Phi) is 5.12. The quantitative estimate of drug-likeness (QED) is 0.743. The van der Waals surface area contributed by atoms with Gasteiger partial charge in [-0.3, -0.25) is 9.78 Å². The molecule has 2 bridgehead atoms. The molecule has 3 fully saturated rings. The van der Waals surface area contributed by atoms with E-state index in [1.54, 1.807) is 0 Å². The van der Waals surface area contributed by atoms with Crippen LogP contribution in [0.1, 0.15) is 37.6 Å². The van der Waals surface area contributed by atoms with Crippen LogP contribution in [0.25, 0.3) is 0 Å². The topological polar surface area (TPSA) is 63.7 Å². The average Bonchev–Trinajstić information content (AvgIpc) is 3.27. The van der Waals surface area contributed by atoms with Gasteiger partial charge in [0.2, 0.25) is 5.91 Å². The zero-order chi connectivity index (χ0) is 19.0. The van der Waals surface area contributed by atoms with Crippen molar-refractivity contribution < 1.29 is 14.3 Å². The number of nitrogens with zero attached hydrogens (tertiary/aromatic N) is 2. The molecular weight excluding hydrogens is 342 g/mol. The summed E-state index contributed by atoms with van der Waals surface area (Å²) in [6.07, 6.45) is 2.98. The Morgan fingerprint density at radius 1 is 1.41 bits per heavy atom. The molecule has 6 nitrogen and oxygen atoms in total. The zero-order valence-corrected chi connectivity index (χ0v) is 16.7. The Bertz CT molecular complexity index is 690. The maximum Gasteiger partial charge on any atom is 0.222 e. The fourth-order valence-electron chi connectivity index (χ4n) is 5.28. The third kappa shape index (κ3) is 3.57. The molecular formula is C21H31N3O3. The number of hydrogen-bond donors (Lipinski definition) is 1. The van der Waals surface area contributed by atoms with Crippen LogP contribution < -0.4 is 10.2 Å². The van der Waals surface area contributed by atoms with Crippen LogP contribution in [0, 0.1) is 25.7 Å². The second kappa shape index (κ2) is 7.40. The summed E-state index contributed by atoms with van der Waals surface area (Å²) in [5, 5.41) is 3.12. The smallest absolute Gasteiger partial charge is 0.222 e. The number of anilines is 1. The summed E-state index contributed by atoms with van der Waals surface area (Å²) in [5.74, 6) is 0.969. The molecule has 0 unspecified atom stereocenters. The van der Waals surface area contributed by atoms with Crippen LogP contribution in [0.5, 0.6) is 0 Å². The van der Waals surface area contributed by atoms with E-state index in [4.69, 9.17) is 9.47 Å². The van der Waals surface area contributed by atoms with Crippen molar-refractivity contribution in [1.29, 1.82) is 0 Å². The van der Waals surface area contributed by atoms with Gasteiger partial charge in [-0.15, -0.1) is 0 Å². The van der Waals surface area contributed by atoms with E-state index < -0.39 is 0 Å². The number of carbonyl (C=O) groups excluding carboxylic acids is 1. The molecule has 0 aromatic carbocycles. The lowest BCUT2D eigenvalue weighted by molar-refractivity contribution is -0.122. The molecule has 3 saturated heterocycles. The van der Waals surface area contributed by atoms with Crippen LogP contribution in [0.15, 0.2) is 12.1 Å². The summed E-state index contributed by atoms with van der Waals surface area (Å²) in [4.78, 5) is 19.0. The Balaban J connectivity index is 1.41. The van der Waals surface area contributed by atoms with Gasteiger partial charge in [-0.05, 0) is 45.7 Å². The van der Waals surface area contributed by atoms with Crippen LogP contribution in [0.2, 0.25) is 0 Å². The lowest BCUT2D eigenvalue weighted by atomic mass is 9.73. The van der Waals surface area contributed by atoms with Gasteiger partial charge in [-0.1, -0.05) is 0 Å². The molecule has 1 spiro atoms. The second-order valence-corrected chi connectivity index (χ2v) is 8.27. The maximum atomic E-state index is 12.1. The second-order valence-electron chi connectivity index (χ2n) is 8.27. The molecule has 148 valence electrons. The maximum absolute atomic E-state index is 12.1. The fraction of sp³-hybridized carbons (Fsp3) is 0.714. The molecule has 1 amide bonds. The molecule has 0 saturated carbocycles. The number of fused-ring (bicyclic) bond motifs is 1. The Morgan fingerprint density at radius 3 is 2.93 bits per heavy atom. The van der Waals surface area contributed by atoms with Gasteiger partial charge < -0.3 is 19.7 Å². The zero-order valence-electron chi connectivity index (χ0n) is 16.7. The van der Waals surface area contributed by atoms with Crippen molar-refractivity contribution in [2.24, 2.45) is 11.8 Å². The highest BCUT2D eigenvalue weighted by Crippen LogP contribution is 2.55. The molecule has 0 radical (unpaired) electrons. The van der Waals surface area contributed by atoms with Crippen molar-refractivity contribution >= 4 is 11.6 Å². The molecule has 6 heteroatoms. The van der Waals surface area contributed by atoms with E-state index in [1.807, 2.05) is 20.8 Å². The number of pyridine rings is 1. The van der Waals surface area contributed by atoms with E-state index in [2.05, 4.69) is 27.3 Å². The number of aromatic nitrogens is 1. The van der Waals surface area contributed by atoms with Crippen LogP contribution in [-0.4, -0.2) is 55.4 Å². The lowest BCUT2D eigenvalue weighted by Gasteiger charge is -2.29. The van der Waals surface area contributed by atoms with E-state index in [-0.39, 0.29) is 11.5 Å². The van der Waals surface area contributed by atoms with Gasteiger partial charge in [0.25, 0.3) is 0 Å². The van der Waals surface area contributed by atoms with Gasteiger partial charge in [0.1, 0.15) is 0 Å². The van der Waals surface area contributed by atoms with E-state index in [0.717, 1.165) is 37.3 Å². The summed E-state index contributed by atoms with van der Waals surface area (Å²) >= 11 is 0. The highest BCUT2D eigenvalue weighted by atomic mass is 16.5. The van der Waals surface area contributed by atoms with E-state index in [9.17, 15) is 4.79 Å². The summed E-state index contributed by atoms with van der Waals surface area (Å²) in [6, 6.07) is 4.34. The Hall–Kier alpha value is -1.66. The number of amides is 1. The average molecular weight is 373 g/mol. The van der Waals surface area contributed by atoms with Gasteiger partial charge in [0.05, 0.1) is 18.3 Å². The highest BCUT2D eigenvalue weighted by molar-refractivity contribution is 5.76. The predicted molar refractivity (Wildman–Crippen MR) is 104 cm³/mol. The third-order valence-electron chi connectivity index (χ3n) is 6.43. The van der Waals surface area contributed by atoms with Crippen molar-refractivity contribution in [1.82, 2.24) is 10.3 Å². The number of nitrogens with one attached hydrogen (secondary N) is 1. The lowest BCUT2D eigenvalue weighted by Crippen LogP contribution is -2.42. The highest BCUT2D eigenvalue weighted by Gasteiger charge is 2.62. The number of rotatable bonds is 7. The van der Waals surface area contributed by atoms with E-state index in [0.29, 0.717) is 44.1 Å². The fourth-order valence-corrected chi connectivity index (χ4v) is 5.28.